The minimum atomic E-state index is -0.684. The Bertz CT molecular complexity index is 1360. The number of carbonyl (C=O) groups excluding carboxylic acids is 2. The van der Waals surface area contributed by atoms with Gasteiger partial charge in [-0.25, -0.2) is 4.99 Å². The van der Waals surface area contributed by atoms with Crippen molar-refractivity contribution in [1.82, 2.24) is 15.5 Å². The van der Waals surface area contributed by atoms with Crippen LogP contribution in [0, 0.1) is 18.4 Å². The molecule has 37 heavy (non-hydrogen) atoms. The van der Waals surface area contributed by atoms with Gasteiger partial charge in [0, 0.05) is 29.6 Å². The van der Waals surface area contributed by atoms with Gasteiger partial charge in [0.2, 0.25) is 17.8 Å². The van der Waals surface area contributed by atoms with Crippen molar-refractivity contribution in [2.75, 3.05) is 18.4 Å². The molecular weight excluding hydrogens is 468 g/mol. The summed E-state index contributed by atoms with van der Waals surface area (Å²) in [5.74, 6) is 0.969. The average molecular weight is 499 g/mol. The van der Waals surface area contributed by atoms with Gasteiger partial charge in [0.15, 0.2) is 6.19 Å². The van der Waals surface area contributed by atoms with Crippen LogP contribution in [-0.2, 0) is 9.59 Å². The van der Waals surface area contributed by atoms with Crippen LogP contribution in [0.2, 0.25) is 0 Å². The zero-order chi connectivity index (χ0) is 25.8. The first-order valence-corrected chi connectivity index (χ1v) is 12.6. The highest BCUT2D eigenvalue weighted by atomic mass is 16.3. The molecule has 2 heterocycles. The quantitative estimate of drug-likeness (QED) is 0.206. The number of aliphatic imine (C=N–C) groups is 1. The number of fused-ring (bicyclic) bond motifs is 1. The number of furan rings is 1. The summed E-state index contributed by atoms with van der Waals surface area (Å²) in [4.78, 5) is 32.2. The number of hydrogen-bond donors (Lipinski definition) is 3. The summed E-state index contributed by atoms with van der Waals surface area (Å²) in [6, 6.07) is 17.1. The molecule has 190 valence electrons. The van der Waals surface area contributed by atoms with Crippen molar-refractivity contribution >= 4 is 34.4 Å². The molecule has 3 N–H and O–H groups in total. The molecule has 2 aliphatic rings. The Labute approximate surface area is 215 Å². The number of carbonyl (C=O) groups is 2. The lowest BCUT2D eigenvalue weighted by molar-refractivity contribution is -0.136. The van der Waals surface area contributed by atoms with Gasteiger partial charge in [-0.3, -0.25) is 14.9 Å². The van der Waals surface area contributed by atoms with Crippen LogP contribution in [0.4, 0.5) is 5.69 Å². The topological polar surface area (TPSA) is 123 Å². The van der Waals surface area contributed by atoms with E-state index < -0.39 is 6.04 Å². The summed E-state index contributed by atoms with van der Waals surface area (Å²) in [5.41, 5.74) is 2.70. The highest BCUT2D eigenvalue weighted by molar-refractivity contribution is 5.98. The largest absolute Gasteiger partial charge is 0.461 e. The molecule has 9 heteroatoms. The third-order valence-electron chi connectivity index (χ3n) is 6.81. The Morgan fingerprint density at radius 1 is 1.19 bits per heavy atom. The van der Waals surface area contributed by atoms with E-state index in [-0.39, 0.29) is 30.4 Å². The highest BCUT2D eigenvalue weighted by Crippen LogP contribution is 2.40. The zero-order valence-electron chi connectivity index (χ0n) is 20.7. The molecule has 0 radical (unpaired) electrons. The molecule has 1 aliphatic heterocycles. The van der Waals surface area contributed by atoms with Crippen LogP contribution in [0.1, 0.15) is 42.9 Å². The van der Waals surface area contributed by atoms with E-state index in [1.54, 1.807) is 4.90 Å². The Balaban J connectivity index is 1.23. The molecule has 1 saturated heterocycles. The molecule has 1 saturated carbocycles. The highest BCUT2D eigenvalue weighted by Gasteiger charge is 2.40. The van der Waals surface area contributed by atoms with E-state index >= 15 is 0 Å². The second-order valence-corrected chi connectivity index (χ2v) is 9.65. The number of rotatable bonds is 6. The maximum atomic E-state index is 13.3. The maximum absolute atomic E-state index is 13.3. The van der Waals surface area contributed by atoms with Crippen molar-refractivity contribution < 1.29 is 14.0 Å². The number of nitrogens with one attached hydrogen (secondary N) is 3. The standard InChI is InChI=1S/C28H30N6O3/c1-18-13-20-14-21(10-11-25(20)37-18)31-28(30-17-29)33-23-9-5-6-12-34(27(23)36)16-26(35)32-24-15-22(24)19-7-3-2-4-8-19/h2-4,7-8,10-11,13-14,22-24H,5-6,9,12,15-16H2,1H3,(H,32,35)(H2,30,31,33)/t22?,23-,24?/m0/s1. The first kappa shape index (κ1) is 24.4. The number of benzene rings is 2. The zero-order valence-corrected chi connectivity index (χ0v) is 20.7. The van der Waals surface area contributed by atoms with Gasteiger partial charge >= 0.3 is 0 Å². The molecule has 9 nitrogen and oxygen atoms in total. The van der Waals surface area contributed by atoms with E-state index in [0.29, 0.717) is 24.6 Å². The van der Waals surface area contributed by atoms with Gasteiger partial charge in [-0.05, 0) is 62.4 Å². The molecule has 3 atom stereocenters. The Morgan fingerprint density at radius 2 is 2.03 bits per heavy atom. The number of amides is 2. The molecule has 5 rings (SSSR count). The SMILES string of the molecule is Cc1cc2cc(NC(=N[C@H]3CCCCN(CC(=O)NC4CC4c4ccccc4)C3=O)NC#N)ccc2o1. The predicted molar refractivity (Wildman–Crippen MR) is 141 cm³/mol. The first-order valence-electron chi connectivity index (χ1n) is 12.6. The van der Waals surface area contributed by atoms with Gasteiger partial charge < -0.3 is 20.0 Å². The van der Waals surface area contributed by atoms with Crippen molar-refractivity contribution in [2.24, 2.45) is 4.99 Å². The fourth-order valence-electron chi connectivity index (χ4n) is 4.91. The van der Waals surface area contributed by atoms with E-state index in [1.807, 2.05) is 55.6 Å². The van der Waals surface area contributed by atoms with Crippen molar-refractivity contribution in [1.29, 1.82) is 5.26 Å². The summed E-state index contributed by atoms with van der Waals surface area (Å²) >= 11 is 0. The van der Waals surface area contributed by atoms with E-state index in [4.69, 9.17) is 4.42 Å². The lowest BCUT2D eigenvalue weighted by Gasteiger charge is -2.22. The summed E-state index contributed by atoms with van der Waals surface area (Å²) in [6.45, 7) is 2.40. The molecule has 2 unspecified atom stereocenters. The molecule has 0 spiro atoms. The molecular formula is C28H30N6O3. The van der Waals surface area contributed by atoms with Crippen LogP contribution in [0.5, 0.6) is 0 Å². The molecule has 2 amide bonds. The Kier molecular flexibility index (Phi) is 7.08. The number of hydrogen-bond acceptors (Lipinski definition) is 5. The van der Waals surface area contributed by atoms with E-state index in [0.717, 1.165) is 36.0 Å². The molecule has 1 aliphatic carbocycles. The van der Waals surface area contributed by atoms with E-state index in [2.05, 4.69) is 33.1 Å². The average Bonchev–Trinajstić information content (AvgIpc) is 3.58. The first-order chi connectivity index (χ1) is 18.0. The molecule has 2 aromatic carbocycles. The van der Waals surface area contributed by atoms with Crippen molar-refractivity contribution in [3.63, 3.8) is 0 Å². The molecule has 1 aromatic heterocycles. The number of likely N-dealkylation sites (tertiary alicyclic amines) is 1. The Morgan fingerprint density at radius 3 is 2.84 bits per heavy atom. The second kappa shape index (κ2) is 10.7. The monoisotopic (exact) mass is 498 g/mol. The van der Waals surface area contributed by atoms with Crippen molar-refractivity contribution in [2.45, 2.75) is 50.6 Å². The minimum Gasteiger partial charge on any atom is -0.461 e. The fraction of sp³-hybridized carbons (Fsp3) is 0.357. The van der Waals surface area contributed by atoms with Gasteiger partial charge in [0.25, 0.3) is 0 Å². The third-order valence-corrected chi connectivity index (χ3v) is 6.81. The normalized spacial score (nSPS) is 21.7. The van der Waals surface area contributed by atoms with Crippen LogP contribution < -0.4 is 16.0 Å². The van der Waals surface area contributed by atoms with Crippen LogP contribution in [0.25, 0.3) is 11.0 Å². The summed E-state index contributed by atoms with van der Waals surface area (Å²) in [6.07, 6.45) is 4.95. The molecule has 2 fully saturated rings. The van der Waals surface area contributed by atoms with Crippen molar-refractivity contribution in [3.8, 4) is 6.19 Å². The third kappa shape index (κ3) is 5.92. The number of nitrogens with zero attached hydrogens (tertiary/aromatic N) is 3. The molecule has 3 aromatic rings. The predicted octanol–water partition coefficient (Wildman–Crippen LogP) is 3.63. The smallest absolute Gasteiger partial charge is 0.247 e. The maximum Gasteiger partial charge on any atom is 0.247 e. The van der Waals surface area contributed by atoms with Crippen LogP contribution in [-0.4, -0.2) is 47.8 Å². The molecule has 0 bridgehead atoms. The van der Waals surface area contributed by atoms with Gasteiger partial charge in [-0.15, -0.1) is 0 Å². The summed E-state index contributed by atoms with van der Waals surface area (Å²) in [5, 5.41) is 18.9. The summed E-state index contributed by atoms with van der Waals surface area (Å²) < 4.78 is 5.62. The lowest BCUT2D eigenvalue weighted by atomic mass is 10.1. The van der Waals surface area contributed by atoms with Gasteiger partial charge in [0.05, 0.1) is 6.54 Å². The van der Waals surface area contributed by atoms with Crippen LogP contribution in [0.15, 0.2) is 64.0 Å². The Hall–Kier alpha value is -4.32. The lowest BCUT2D eigenvalue weighted by Crippen LogP contribution is -2.45. The van der Waals surface area contributed by atoms with Crippen LogP contribution in [0.3, 0.4) is 0 Å². The number of anilines is 1. The number of guanidine groups is 1. The van der Waals surface area contributed by atoms with E-state index in [1.165, 1.54) is 5.56 Å². The van der Waals surface area contributed by atoms with E-state index in [9.17, 15) is 14.9 Å². The minimum absolute atomic E-state index is 0.00775. The number of nitriles is 1. The van der Waals surface area contributed by atoms with Gasteiger partial charge in [0.1, 0.15) is 17.4 Å². The second-order valence-electron chi connectivity index (χ2n) is 9.65. The van der Waals surface area contributed by atoms with Crippen molar-refractivity contribution in [3.05, 3.63) is 65.9 Å². The fourth-order valence-corrected chi connectivity index (χ4v) is 4.91. The van der Waals surface area contributed by atoms with Gasteiger partial charge in [-0.1, -0.05) is 30.3 Å². The number of aryl methyl sites for hydroxylation is 1. The summed E-state index contributed by atoms with van der Waals surface area (Å²) in [7, 11) is 0. The van der Waals surface area contributed by atoms with Crippen LogP contribution >= 0.6 is 0 Å². The van der Waals surface area contributed by atoms with Gasteiger partial charge in [-0.2, -0.15) is 5.26 Å².